The molecule has 0 spiro atoms. The summed E-state index contributed by atoms with van der Waals surface area (Å²) in [6.07, 6.45) is 2.42. The van der Waals surface area contributed by atoms with Crippen LogP contribution >= 0.6 is 0 Å². The number of hydrogen-bond donors (Lipinski definition) is 1. The number of benzene rings is 1. The number of nitrogens with one attached hydrogen (secondary N) is 1. The van der Waals surface area contributed by atoms with Crippen LogP contribution in [0.5, 0.6) is 0 Å². The quantitative estimate of drug-likeness (QED) is 0.663. The molecule has 0 aromatic heterocycles. The first-order valence-corrected chi connectivity index (χ1v) is 7.73. The van der Waals surface area contributed by atoms with Crippen molar-refractivity contribution in [2.24, 2.45) is 0 Å². The Hall–Kier alpha value is -0.900. The molecule has 0 bridgehead atoms. The zero-order valence-electron chi connectivity index (χ0n) is 13.7. The van der Waals surface area contributed by atoms with Crippen molar-refractivity contribution >= 4 is 0 Å². The van der Waals surface area contributed by atoms with E-state index in [0.717, 1.165) is 32.7 Å². The van der Waals surface area contributed by atoms with Gasteiger partial charge in [0.2, 0.25) is 0 Å². The fourth-order valence-corrected chi connectivity index (χ4v) is 2.22. The van der Waals surface area contributed by atoms with Crippen molar-refractivity contribution < 1.29 is 0 Å². The van der Waals surface area contributed by atoms with Crippen LogP contribution < -0.4 is 5.32 Å². The molecule has 1 aromatic rings. The van der Waals surface area contributed by atoms with E-state index in [1.54, 1.807) is 0 Å². The van der Waals surface area contributed by atoms with Gasteiger partial charge in [-0.2, -0.15) is 0 Å². The van der Waals surface area contributed by atoms with E-state index < -0.39 is 0 Å². The van der Waals surface area contributed by atoms with Crippen LogP contribution in [0, 0.1) is 0 Å². The van der Waals surface area contributed by atoms with Gasteiger partial charge in [0, 0.05) is 13.1 Å². The summed E-state index contributed by atoms with van der Waals surface area (Å²) in [4.78, 5) is 4.64. The lowest BCUT2D eigenvalue weighted by atomic mass is 10.1. The predicted molar refractivity (Wildman–Crippen MR) is 87.9 cm³/mol. The van der Waals surface area contributed by atoms with E-state index in [9.17, 15) is 0 Å². The molecule has 1 rings (SSSR count). The average molecular weight is 277 g/mol. The lowest BCUT2D eigenvalue weighted by Crippen LogP contribution is -2.23. The summed E-state index contributed by atoms with van der Waals surface area (Å²) in [5.41, 5.74) is 2.77. The molecule has 0 radical (unpaired) electrons. The molecule has 0 saturated heterocycles. The fourth-order valence-electron chi connectivity index (χ4n) is 2.22. The lowest BCUT2D eigenvalue weighted by molar-refractivity contribution is 0.294. The van der Waals surface area contributed by atoms with Crippen LogP contribution in [0.4, 0.5) is 0 Å². The minimum Gasteiger partial charge on any atom is -0.313 e. The molecule has 114 valence electrons. The molecule has 0 saturated carbocycles. The molecule has 0 unspecified atom stereocenters. The molecule has 20 heavy (non-hydrogen) atoms. The minimum atomic E-state index is 0.979. The van der Waals surface area contributed by atoms with Gasteiger partial charge in [0.05, 0.1) is 0 Å². The Morgan fingerprint density at radius 3 is 2.20 bits per heavy atom. The maximum absolute atomic E-state index is 3.43. The summed E-state index contributed by atoms with van der Waals surface area (Å²) in [6, 6.07) is 8.99. The van der Waals surface area contributed by atoms with Gasteiger partial charge >= 0.3 is 0 Å². The second kappa shape index (κ2) is 9.92. The summed E-state index contributed by atoms with van der Waals surface area (Å²) >= 11 is 0. The third-order valence-electron chi connectivity index (χ3n) is 3.38. The van der Waals surface area contributed by atoms with Crippen molar-refractivity contribution in [2.75, 3.05) is 40.8 Å². The predicted octanol–water partition coefficient (Wildman–Crippen LogP) is 2.57. The van der Waals surface area contributed by atoms with Gasteiger partial charge in [-0.1, -0.05) is 31.2 Å². The van der Waals surface area contributed by atoms with Crippen LogP contribution in [-0.2, 0) is 13.1 Å². The molecule has 3 nitrogen and oxygen atoms in total. The van der Waals surface area contributed by atoms with Crippen molar-refractivity contribution in [3.05, 3.63) is 35.4 Å². The van der Waals surface area contributed by atoms with Crippen LogP contribution in [0.3, 0.4) is 0 Å². The van der Waals surface area contributed by atoms with Crippen molar-refractivity contribution in [1.29, 1.82) is 0 Å². The summed E-state index contributed by atoms with van der Waals surface area (Å²) < 4.78 is 0. The van der Waals surface area contributed by atoms with Crippen LogP contribution in [-0.4, -0.2) is 50.6 Å². The molecular weight excluding hydrogens is 246 g/mol. The van der Waals surface area contributed by atoms with Gasteiger partial charge in [0.25, 0.3) is 0 Å². The lowest BCUT2D eigenvalue weighted by Gasteiger charge is -2.18. The maximum Gasteiger partial charge on any atom is 0.0230 e. The highest BCUT2D eigenvalue weighted by atomic mass is 15.1. The van der Waals surface area contributed by atoms with Crippen molar-refractivity contribution in [1.82, 2.24) is 15.1 Å². The number of rotatable bonds is 10. The average Bonchev–Trinajstić information content (AvgIpc) is 2.40. The van der Waals surface area contributed by atoms with E-state index in [4.69, 9.17) is 0 Å². The Morgan fingerprint density at radius 1 is 0.950 bits per heavy atom. The molecule has 0 fully saturated rings. The van der Waals surface area contributed by atoms with E-state index in [1.807, 2.05) is 0 Å². The van der Waals surface area contributed by atoms with Gasteiger partial charge in [-0.3, -0.25) is 0 Å². The van der Waals surface area contributed by atoms with Gasteiger partial charge in [-0.25, -0.2) is 0 Å². The Labute approximate surface area is 125 Å². The van der Waals surface area contributed by atoms with Crippen LogP contribution in [0.2, 0.25) is 0 Å². The highest BCUT2D eigenvalue weighted by Gasteiger charge is 2.01. The standard InChI is InChI=1S/C17H31N3/c1-5-11-18-14-16-7-9-17(10-8-16)15-20(4)13-6-12-19(2)3/h7-10,18H,5-6,11-15H2,1-4H3. The van der Waals surface area contributed by atoms with Crippen molar-refractivity contribution in [3.63, 3.8) is 0 Å². The smallest absolute Gasteiger partial charge is 0.0230 e. The molecule has 1 aromatic carbocycles. The molecule has 0 heterocycles. The number of hydrogen-bond acceptors (Lipinski definition) is 3. The Balaban J connectivity index is 2.29. The third kappa shape index (κ3) is 7.63. The first-order valence-electron chi connectivity index (χ1n) is 7.73. The molecule has 0 aliphatic heterocycles. The van der Waals surface area contributed by atoms with Gasteiger partial charge in [0.1, 0.15) is 0 Å². The normalized spacial score (nSPS) is 11.5. The SMILES string of the molecule is CCCNCc1ccc(CN(C)CCCN(C)C)cc1. The second-order valence-corrected chi connectivity index (χ2v) is 5.89. The largest absolute Gasteiger partial charge is 0.313 e. The summed E-state index contributed by atoms with van der Waals surface area (Å²) in [6.45, 7) is 7.62. The van der Waals surface area contributed by atoms with E-state index in [-0.39, 0.29) is 0 Å². The Bertz CT molecular complexity index is 346. The first kappa shape index (κ1) is 17.2. The van der Waals surface area contributed by atoms with E-state index in [0.29, 0.717) is 0 Å². The molecule has 0 amide bonds. The molecule has 3 heteroatoms. The van der Waals surface area contributed by atoms with E-state index in [1.165, 1.54) is 24.0 Å². The van der Waals surface area contributed by atoms with Crippen LogP contribution in [0.1, 0.15) is 30.9 Å². The maximum atomic E-state index is 3.43. The summed E-state index contributed by atoms with van der Waals surface area (Å²) in [5.74, 6) is 0. The number of nitrogens with zero attached hydrogens (tertiary/aromatic N) is 2. The van der Waals surface area contributed by atoms with E-state index in [2.05, 4.69) is 67.4 Å². The minimum absolute atomic E-state index is 0.979. The summed E-state index contributed by atoms with van der Waals surface area (Å²) in [5, 5.41) is 3.43. The van der Waals surface area contributed by atoms with Crippen molar-refractivity contribution in [2.45, 2.75) is 32.9 Å². The van der Waals surface area contributed by atoms with Gasteiger partial charge in [-0.15, -0.1) is 0 Å². The van der Waals surface area contributed by atoms with Gasteiger partial charge in [-0.05, 0) is 64.7 Å². The molecular formula is C17H31N3. The van der Waals surface area contributed by atoms with E-state index >= 15 is 0 Å². The third-order valence-corrected chi connectivity index (χ3v) is 3.38. The van der Waals surface area contributed by atoms with Crippen LogP contribution in [0.25, 0.3) is 0 Å². The highest BCUT2D eigenvalue weighted by molar-refractivity contribution is 5.22. The highest BCUT2D eigenvalue weighted by Crippen LogP contribution is 2.07. The summed E-state index contributed by atoms with van der Waals surface area (Å²) in [7, 11) is 6.46. The van der Waals surface area contributed by atoms with Crippen molar-refractivity contribution in [3.8, 4) is 0 Å². The molecule has 1 N–H and O–H groups in total. The monoisotopic (exact) mass is 277 g/mol. The Morgan fingerprint density at radius 2 is 1.60 bits per heavy atom. The fraction of sp³-hybridized carbons (Fsp3) is 0.647. The molecule has 0 aliphatic rings. The second-order valence-electron chi connectivity index (χ2n) is 5.89. The Kier molecular flexibility index (Phi) is 8.51. The molecule has 0 atom stereocenters. The first-order chi connectivity index (χ1) is 9.61. The topological polar surface area (TPSA) is 18.5 Å². The zero-order chi connectivity index (χ0) is 14.8. The van der Waals surface area contributed by atoms with Gasteiger partial charge in [0.15, 0.2) is 0 Å². The molecule has 0 aliphatic carbocycles. The van der Waals surface area contributed by atoms with Crippen LogP contribution in [0.15, 0.2) is 24.3 Å². The van der Waals surface area contributed by atoms with Gasteiger partial charge < -0.3 is 15.1 Å². The zero-order valence-corrected chi connectivity index (χ0v) is 13.7.